The van der Waals surface area contributed by atoms with Crippen molar-refractivity contribution in [1.29, 1.82) is 0 Å². The Kier molecular flexibility index (Phi) is 4.01. The molecule has 2 bridgehead atoms. The maximum atomic E-state index is 12.9. The summed E-state index contributed by atoms with van der Waals surface area (Å²) in [5.41, 5.74) is -0.756. The molecule has 0 aromatic rings. The second kappa shape index (κ2) is 5.60. The molecule has 0 radical (unpaired) electrons. The van der Waals surface area contributed by atoms with Gasteiger partial charge in [-0.05, 0) is 37.5 Å². The summed E-state index contributed by atoms with van der Waals surface area (Å²) in [6.07, 6.45) is 5.11. The molecule has 0 aromatic carbocycles. The van der Waals surface area contributed by atoms with E-state index in [0.29, 0.717) is 0 Å². The van der Waals surface area contributed by atoms with E-state index in [1.54, 1.807) is 0 Å². The summed E-state index contributed by atoms with van der Waals surface area (Å²) < 4.78 is 0. The SMILES string of the molecule is CC12CCC(C(=O)N(CCC(=O)N3CCCCC3)C1=O)C2(C)C. The third kappa shape index (κ3) is 2.39. The lowest BCUT2D eigenvalue weighted by Crippen LogP contribution is -2.59. The molecule has 0 spiro atoms. The molecule has 128 valence electrons. The van der Waals surface area contributed by atoms with E-state index in [9.17, 15) is 14.4 Å². The minimum atomic E-state index is -0.472. The summed E-state index contributed by atoms with van der Waals surface area (Å²) in [5, 5.41) is 0. The van der Waals surface area contributed by atoms with Gasteiger partial charge in [0.05, 0.1) is 5.41 Å². The number of nitrogens with zero attached hydrogens (tertiary/aromatic N) is 2. The molecule has 23 heavy (non-hydrogen) atoms. The third-order valence-corrected chi connectivity index (χ3v) is 6.77. The predicted octanol–water partition coefficient (Wildman–Crippen LogP) is 2.20. The smallest absolute Gasteiger partial charge is 0.235 e. The average Bonchev–Trinajstić information content (AvgIpc) is 2.72. The maximum absolute atomic E-state index is 12.9. The Labute approximate surface area is 138 Å². The molecule has 3 amide bonds. The van der Waals surface area contributed by atoms with E-state index in [2.05, 4.69) is 0 Å². The van der Waals surface area contributed by atoms with Gasteiger partial charge in [-0.1, -0.05) is 20.8 Å². The number of amides is 3. The molecule has 2 heterocycles. The van der Waals surface area contributed by atoms with Crippen LogP contribution < -0.4 is 0 Å². The molecule has 1 saturated carbocycles. The lowest BCUT2D eigenvalue weighted by Gasteiger charge is -2.47. The average molecular weight is 320 g/mol. The van der Waals surface area contributed by atoms with E-state index in [-0.39, 0.29) is 42.0 Å². The van der Waals surface area contributed by atoms with E-state index in [0.717, 1.165) is 38.8 Å². The first kappa shape index (κ1) is 16.5. The van der Waals surface area contributed by atoms with Gasteiger partial charge in [-0.2, -0.15) is 0 Å². The first-order valence-electron chi connectivity index (χ1n) is 8.92. The van der Waals surface area contributed by atoms with Crippen LogP contribution in [0.4, 0.5) is 0 Å². The summed E-state index contributed by atoms with van der Waals surface area (Å²) in [7, 11) is 0. The Balaban J connectivity index is 1.68. The minimum absolute atomic E-state index is 0.0681. The fraction of sp³-hybridized carbons (Fsp3) is 0.833. The van der Waals surface area contributed by atoms with Crippen LogP contribution in [0.3, 0.4) is 0 Å². The van der Waals surface area contributed by atoms with Crippen molar-refractivity contribution in [3.05, 3.63) is 0 Å². The molecule has 3 fully saturated rings. The zero-order chi connectivity index (χ0) is 16.8. The molecular formula is C18H28N2O3. The molecule has 2 saturated heterocycles. The Bertz CT molecular complexity index is 536. The van der Waals surface area contributed by atoms with Crippen molar-refractivity contribution < 1.29 is 14.4 Å². The quantitative estimate of drug-likeness (QED) is 0.749. The van der Waals surface area contributed by atoms with Crippen molar-refractivity contribution in [2.75, 3.05) is 19.6 Å². The van der Waals surface area contributed by atoms with Gasteiger partial charge in [0.2, 0.25) is 17.7 Å². The summed E-state index contributed by atoms with van der Waals surface area (Å²) >= 11 is 0. The second-order valence-corrected chi connectivity index (χ2v) is 8.13. The summed E-state index contributed by atoms with van der Waals surface area (Å²) in [4.78, 5) is 41.2. The molecule has 2 unspecified atom stereocenters. The van der Waals surface area contributed by atoms with E-state index in [1.807, 2.05) is 25.7 Å². The van der Waals surface area contributed by atoms with Crippen molar-refractivity contribution in [3.8, 4) is 0 Å². The van der Waals surface area contributed by atoms with E-state index >= 15 is 0 Å². The highest BCUT2D eigenvalue weighted by Gasteiger charge is 2.64. The van der Waals surface area contributed by atoms with Crippen LogP contribution in [0.25, 0.3) is 0 Å². The number of imide groups is 1. The number of fused-ring (bicyclic) bond motifs is 2. The van der Waals surface area contributed by atoms with Gasteiger partial charge in [0.25, 0.3) is 0 Å². The topological polar surface area (TPSA) is 57.7 Å². The Hall–Kier alpha value is -1.39. The fourth-order valence-electron chi connectivity index (χ4n) is 4.62. The summed E-state index contributed by atoms with van der Waals surface area (Å²) in [5.74, 6) is -0.156. The van der Waals surface area contributed by atoms with Gasteiger partial charge in [-0.25, -0.2) is 0 Å². The van der Waals surface area contributed by atoms with Crippen LogP contribution in [0.1, 0.15) is 59.3 Å². The zero-order valence-electron chi connectivity index (χ0n) is 14.6. The number of hydrogen-bond acceptors (Lipinski definition) is 3. The molecule has 1 aliphatic carbocycles. The molecule has 5 heteroatoms. The van der Waals surface area contributed by atoms with Crippen LogP contribution in [0.5, 0.6) is 0 Å². The first-order valence-corrected chi connectivity index (χ1v) is 8.92. The predicted molar refractivity (Wildman–Crippen MR) is 86.4 cm³/mol. The van der Waals surface area contributed by atoms with Gasteiger partial charge < -0.3 is 4.90 Å². The van der Waals surface area contributed by atoms with Crippen LogP contribution in [0, 0.1) is 16.7 Å². The van der Waals surface area contributed by atoms with Crippen molar-refractivity contribution in [1.82, 2.24) is 9.80 Å². The molecule has 2 aliphatic heterocycles. The van der Waals surface area contributed by atoms with Crippen LogP contribution in [0.2, 0.25) is 0 Å². The monoisotopic (exact) mass is 320 g/mol. The third-order valence-electron chi connectivity index (χ3n) is 6.77. The number of carbonyl (C=O) groups excluding carboxylic acids is 3. The molecular weight excluding hydrogens is 292 g/mol. The van der Waals surface area contributed by atoms with E-state index in [1.165, 1.54) is 11.3 Å². The Morgan fingerprint density at radius 3 is 2.43 bits per heavy atom. The van der Waals surface area contributed by atoms with Crippen LogP contribution in [0.15, 0.2) is 0 Å². The summed E-state index contributed by atoms with van der Waals surface area (Å²) in [6, 6.07) is 0. The number of hydrogen-bond donors (Lipinski definition) is 0. The highest BCUT2D eigenvalue weighted by Crippen LogP contribution is 2.59. The van der Waals surface area contributed by atoms with Crippen LogP contribution >= 0.6 is 0 Å². The number of likely N-dealkylation sites (tertiary alicyclic amines) is 2. The number of carbonyl (C=O) groups is 3. The standard InChI is InChI=1S/C18H28N2O3/c1-17(2)13-7-9-18(17,3)16(23)20(15(13)22)12-8-14(21)19-10-5-4-6-11-19/h13H,4-12H2,1-3H3. The van der Waals surface area contributed by atoms with Gasteiger partial charge in [0, 0.05) is 32.0 Å². The summed E-state index contributed by atoms with van der Waals surface area (Å²) in [6.45, 7) is 7.94. The van der Waals surface area contributed by atoms with E-state index in [4.69, 9.17) is 0 Å². The number of piperidine rings is 2. The highest BCUT2D eigenvalue weighted by atomic mass is 16.2. The van der Waals surface area contributed by atoms with Gasteiger partial charge in [0.1, 0.15) is 0 Å². The normalized spacial score (nSPS) is 33.3. The molecule has 2 atom stereocenters. The highest BCUT2D eigenvalue weighted by molar-refractivity contribution is 6.04. The van der Waals surface area contributed by atoms with Crippen molar-refractivity contribution in [2.24, 2.45) is 16.7 Å². The molecule has 3 rings (SSSR count). The van der Waals surface area contributed by atoms with Gasteiger partial charge in [0.15, 0.2) is 0 Å². The molecule has 0 N–H and O–H groups in total. The van der Waals surface area contributed by atoms with Crippen molar-refractivity contribution >= 4 is 17.7 Å². The van der Waals surface area contributed by atoms with Gasteiger partial charge in [-0.15, -0.1) is 0 Å². The second-order valence-electron chi connectivity index (χ2n) is 8.13. The van der Waals surface area contributed by atoms with Crippen molar-refractivity contribution in [3.63, 3.8) is 0 Å². The molecule has 0 aromatic heterocycles. The van der Waals surface area contributed by atoms with Gasteiger partial charge >= 0.3 is 0 Å². The zero-order valence-corrected chi connectivity index (χ0v) is 14.6. The number of rotatable bonds is 3. The van der Waals surface area contributed by atoms with Crippen LogP contribution in [-0.4, -0.2) is 47.2 Å². The maximum Gasteiger partial charge on any atom is 0.235 e. The Morgan fingerprint density at radius 2 is 1.78 bits per heavy atom. The first-order chi connectivity index (χ1) is 10.8. The van der Waals surface area contributed by atoms with Crippen LogP contribution in [-0.2, 0) is 14.4 Å². The largest absolute Gasteiger partial charge is 0.343 e. The molecule has 3 aliphatic rings. The Morgan fingerprint density at radius 1 is 1.13 bits per heavy atom. The fourth-order valence-corrected chi connectivity index (χ4v) is 4.62. The van der Waals surface area contributed by atoms with Gasteiger partial charge in [-0.3, -0.25) is 19.3 Å². The van der Waals surface area contributed by atoms with E-state index < -0.39 is 5.41 Å². The lowest BCUT2D eigenvalue weighted by atomic mass is 9.62. The lowest BCUT2D eigenvalue weighted by molar-refractivity contribution is -0.168. The van der Waals surface area contributed by atoms with Crippen molar-refractivity contribution in [2.45, 2.75) is 59.3 Å². The molecule has 5 nitrogen and oxygen atoms in total. The minimum Gasteiger partial charge on any atom is -0.343 e.